The SMILES string of the molecule is C[C@H](CNC1CCC2(CC1)CC2Nc1nc(N(C)C)c2ccccc2n1)c1cccc(C(O)c2ccccc2)c1. The van der Waals surface area contributed by atoms with E-state index in [1.54, 1.807) is 0 Å². The summed E-state index contributed by atoms with van der Waals surface area (Å²) in [5, 5.41) is 19.5. The van der Waals surface area contributed by atoms with E-state index in [2.05, 4.69) is 52.8 Å². The van der Waals surface area contributed by atoms with Gasteiger partial charge in [-0.1, -0.05) is 73.7 Å². The molecule has 0 amide bonds. The van der Waals surface area contributed by atoms with Gasteiger partial charge in [-0.15, -0.1) is 0 Å². The smallest absolute Gasteiger partial charge is 0.225 e. The number of nitrogens with one attached hydrogen (secondary N) is 2. The Hall–Kier alpha value is -3.48. The van der Waals surface area contributed by atoms with E-state index in [0.29, 0.717) is 23.4 Å². The van der Waals surface area contributed by atoms with E-state index in [9.17, 15) is 5.11 Å². The number of nitrogens with zero attached hydrogens (tertiary/aromatic N) is 3. The molecule has 2 aliphatic carbocycles. The average Bonchev–Trinajstić information content (AvgIpc) is 3.66. The molecule has 2 unspecified atom stereocenters. The lowest BCUT2D eigenvalue weighted by Crippen LogP contribution is -2.37. The summed E-state index contributed by atoms with van der Waals surface area (Å²) in [6.45, 7) is 3.22. The molecule has 3 atom stereocenters. The van der Waals surface area contributed by atoms with Gasteiger partial charge in [0.05, 0.1) is 5.52 Å². The third kappa shape index (κ3) is 5.56. The minimum atomic E-state index is -0.592. The Labute approximate surface area is 237 Å². The molecule has 40 heavy (non-hydrogen) atoms. The highest BCUT2D eigenvalue weighted by atomic mass is 16.3. The first-order valence-electron chi connectivity index (χ1n) is 14.7. The molecule has 4 aromatic rings. The Morgan fingerprint density at radius 1 is 0.900 bits per heavy atom. The van der Waals surface area contributed by atoms with Crippen molar-refractivity contribution in [2.24, 2.45) is 5.41 Å². The summed E-state index contributed by atoms with van der Waals surface area (Å²) in [6, 6.07) is 27.6. The van der Waals surface area contributed by atoms with Crippen LogP contribution < -0.4 is 15.5 Å². The van der Waals surface area contributed by atoms with E-state index in [1.165, 1.54) is 37.7 Å². The van der Waals surface area contributed by atoms with E-state index in [-0.39, 0.29) is 0 Å². The topological polar surface area (TPSA) is 73.3 Å². The molecule has 3 aromatic carbocycles. The number of para-hydroxylation sites is 1. The summed E-state index contributed by atoms with van der Waals surface area (Å²) < 4.78 is 0. The van der Waals surface area contributed by atoms with Gasteiger partial charge in [-0.2, -0.15) is 4.98 Å². The molecule has 0 saturated heterocycles. The molecule has 2 saturated carbocycles. The molecular weight excluding hydrogens is 494 g/mol. The highest BCUT2D eigenvalue weighted by Gasteiger charge is 2.55. The summed E-state index contributed by atoms with van der Waals surface area (Å²) >= 11 is 0. The number of fused-ring (bicyclic) bond motifs is 1. The molecule has 0 aliphatic heterocycles. The summed E-state index contributed by atoms with van der Waals surface area (Å²) in [5.41, 5.74) is 4.53. The van der Waals surface area contributed by atoms with Crippen molar-refractivity contribution in [3.63, 3.8) is 0 Å². The van der Waals surface area contributed by atoms with Gasteiger partial charge in [-0.05, 0) is 72.3 Å². The van der Waals surface area contributed by atoms with E-state index < -0.39 is 6.10 Å². The fourth-order valence-electron chi connectivity index (χ4n) is 6.45. The largest absolute Gasteiger partial charge is 0.384 e. The normalized spacial score (nSPS) is 23.6. The fraction of sp³-hybridized carbons (Fsp3) is 0.412. The minimum Gasteiger partial charge on any atom is -0.384 e. The van der Waals surface area contributed by atoms with Crippen LogP contribution in [0.3, 0.4) is 0 Å². The fourth-order valence-corrected chi connectivity index (χ4v) is 6.45. The first-order valence-corrected chi connectivity index (χ1v) is 14.7. The van der Waals surface area contributed by atoms with Gasteiger partial charge in [0.2, 0.25) is 5.95 Å². The summed E-state index contributed by atoms with van der Waals surface area (Å²) in [4.78, 5) is 11.8. The Morgan fingerprint density at radius 3 is 2.38 bits per heavy atom. The Bertz CT molecular complexity index is 1450. The van der Waals surface area contributed by atoms with Crippen LogP contribution in [0.2, 0.25) is 0 Å². The lowest BCUT2D eigenvalue weighted by Gasteiger charge is -2.31. The monoisotopic (exact) mass is 535 g/mol. The molecule has 1 heterocycles. The molecule has 0 bridgehead atoms. The lowest BCUT2D eigenvalue weighted by atomic mass is 9.82. The second-order valence-corrected chi connectivity index (χ2v) is 12.1. The van der Waals surface area contributed by atoms with Crippen LogP contribution in [-0.2, 0) is 0 Å². The maximum Gasteiger partial charge on any atom is 0.225 e. The third-order valence-electron chi connectivity index (χ3n) is 9.10. The zero-order valence-electron chi connectivity index (χ0n) is 23.8. The molecule has 208 valence electrons. The van der Waals surface area contributed by atoms with E-state index in [1.807, 2.05) is 62.6 Å². The van der Waals surface area contributed by atoms with E-state index in [4.69, 9.17) is 9.97 Å². The maximum atomic E-state index is 10.9. The third-order valence-corrected chi connectivity index (χ3v) is 9.10. The van der Waals surface area contributed by atoms with Gasteiger partial charge >= 0.3 is 0 Å². The molecule has 6 nitrogen and oxygen atoms in total. The van der Waals surface area contributed by atoms with Crippen molar-refractivity contribution < 1.29 is 5.11 Å². The molecule has 6 heteroatoms. The molecular formula is C34H41N5O. The van der Waals surface area contributed by atoms with Gasteiger partial charge in [-0.3, -0.25) is 0 Å². The van der Waals surface area contributed by atoms with Crippen LogP contribution in [0.25, 0.3) is 10.9 Å². The second kappa shape index (κ2) is 11.2. The van der Waals surface area contributed by atoms with Crippen molar-refractivity contribution in [1.29, 1.82) is 0 Å². The average molecular weight is 536 g/mol. The predicted octanol–water partition coefficient (Wildman–Crippen LogP) is 6.28. The van der Waals surface area contributed by atoms with Gasteiger partial charge in [0.25, 0.3) is 0 Å². The first-order chi connectivity index (χ1) is 19.4. The first kappa shape index (κ1) is 26.7. The quantitative estimate of drug-likeness (QED) is 0.234. The second-order valence-electron chi connectivity index (χ2n) is 12.1. The Balaban J connectivity index is 1.01. The number of rotatable bonds is 9. The van der Waals surface area contributed by atoms with Crippen LogP contribution in [0, 0.1) is 5.41 Å². The molecule has 3 N–H and O–H groups in total. The highest BCUT2D eigenvalue weighted by Crippen LogP contribution is 2.57. The van der Waals surface area contributed by atoms with Crippen molar-refractivity contribution in [2.45, 2.75) is 63.1 Å². The summed E-state index contributed by atoms with van der Waals surface area (Å²) in [5.74, 6) is 2.09. The van der Waals surface area contributed by atoms with E-state index in [0.717, 1.165) is 40.3 Å². The van der Waals surface area contributed by atoms with Crippen molar-refractivity contribution in [1.82, 2.24) is 15.3 Å². The van der Waals surface area contributed by atoms with Crippen LogP contribution >= 0.6 is 0 Å². The van der Waals surface area contributed by atoms with Crippen LogP contribution in [0.1, 0.15) is 67.7 Å². The predicted molar refractivity (Wildman–Crippen MR) is 164 cm³/mol. The lowest BCUT2D eigenvalue weighted by molar-refractivity contribution is 0.220. The number of aromatic nitrogens is 2. The van der Waals surface area contributed by atoms with Crippen LogP contribution in [0.15, 0.2) is 78.9 Å². The molecule has 2 aliphatic rings. The molecule has 2 fully saturated rings. The van der Waals surface area contributed by atoms with E-state index >= 15 is 0 Å². The zero-order chi connectivity index (χ0) is 27.7. The molecule has 0 radical (unpaired) electrons. The van der Waals surface area contributed by atoms with Crippen molar-refractivity contribution in [3.8, 4) is 0 Å². The number of hydrogen-bond acceptors (Lipinski definition) is 6. The Morgan fingerprint density at radius 2 is 1.60 bits per heavy atom. The highest BCUT2D eigenvalue weighted by molar-refractivity contribution is 5.90. The number of anilines is 2. The van der Waals surface area contributed by atoms with Gasteiger partial charge < -0.3 is 20.6 Å². The van der Waals surface area contributed by atoms with Crippen molar-refractivity contribution in [2.75, 3.05) is 30.9 Å². The van der Waals surface area contributed by atoms with Gasteiger partial charge in [0.15, 0.2) is 0 Å². The standard InChI is InChI=1S/C34H41N5O/c1-23(25-12-9-13-26(20-25)31(40)24-10-5-4-6-11-24)22-35-27-16-18-34(19-17-27)21-30(34)37-33-36-29-15-8-7-14-28(29)32(38-33)39(2)3/h4-15,20,23,27,30-31,35,40H,16-19,21-22H2,1-3H3,(H,36,37,38)/t23-,27?,30?,31?,34?/m1/s1. The van der Waals surface area contributed by atoms with Crippen LogP contribution in [0.4, 0.5) is 11.8 Å². The van der Waals surface area contributed by atoms with Gasteiger partial charge in [-0.25, -0.2) is 4.98 Å². The number of hydrogen-bond donors (Lipinski definition) is 3. The van der Waals surface area contributed by atoms with Crippen LogP contribution in [0.5, 0.6) is 0 Å². The molecule has 1 aromatic heterocycles. The number of aliphatic hydroxyl groups excluding tert-OH is 1. The zero-order valence-corrected chi connectivity index (χ0v) is 23.8. The molecule has 1 spiro atoms. The summed E-state index contributed by atoms with van der Waals surface area (Å²) in [6.07, 6.45) is 5.51. The number of benzene rings is 3. The van der Waals surface area contributed by atoms with Crippen molar-refractivity contribution in [3.05, 3.63) is 95.6 Å². The van der Waals surface area contributed by atoms with Gasteiger partial charge in [0.1, 0.15) is 11.9 Å². The Kier molecular flexibility index (Phi) is 7.47. The maximum absolute atomic E-state index is 10.9. The minimum absolute atomic E-state index is 0.380. The summed E-state index contributed by atoms with van der Waals surface area (Å²) in [7, 11) is 4.08. The van der Waals surface area contributed by atoms with Crippen molar-refractivity contribution >= 4 is 22.7 Å². The number of aliphatic hydroxyl groups is 1. The van der Waals surface area contributed by atoms with Gasteiger partial charge in [0, 0.05) is 38.1 Å². The molecule has 6 rings (SSSR count). The van der Waals surface area contributed by atoms with Crippen LogP contribution in [-0.4, -0.2) is 47.8 Å².